The van der Waals surface area contributed by atoms with Crippen LogP contribution in [0.2, 0.25) is 0 Å². The van der Waals surface area contributed by atoms with E-state index in [0.29, 0.717) is 16.9 Å². The summed E-state index contributed by atoms with van der Waals surface area (Å²) in [5.41, 5.74) is 12.8. The molecule has 1 amide bonds. The van der Waals surface area contributed by atoms with Crippen LogP contribution < -0.4 is 16.2 Å². The predicted molar refractivity (Wildman–Crippen MR) is 135 cm³/mol. The number of rotatable bonds is 5. The molecular weight excluding hydrogens is 452 g/mol. The molecule has 2 heterocycles. The highest BCUT2D eigenvalue weighted by atomic mass is 35.5. The first kappa shape index (κ1) is 24.7. The second-order valence-corrected chi connectivity index (χ2v) is 8.05. The number of anilines is 2. The van der Waals surface area contributed by atoms with E-state index >= 15 is 0 Å². The van der Waals surface area contributed by atoms with Gasteiger partial charge in [-0.15, -0.1) is 0 Å². The van der Waals surface area contributed by atoms with E-state index < -0.39 is 0 Å². The lowest BCUT2D eigenvalue weighted by molar-refractivity contribution is -0.127. The van der Waals surface area contributed by atoms with Gasteiger partial charge in [0, 0.05) is 18.7 Å². The topological polar surface area (TPSA) is 131 Å². The fourth-order valence-electron chi connectivity index (χ4n) is 3.40. The lowest BCUT2D eigenvalue weighted by atomic mass is 10.0. The highest BCUT2D eigenvalue weighted by Crippen LogP contribution is 2.24. The standard InChI is InChI=1S/C17H15N5O.C8H12ClNO/c18-15(14-16(19)21-10-22-17(14)20)11-6-8-13(9-7-11)23-12-4-2-1-3-5-12;1-7(9)8(11)10-5-3-2-4-6-10/h1-10,18H,(H4,19,20,21,22);1-6H2. The summed E-state index contributed by atoms with van der Waals surface area (Å²) in [5, 5.41) is 8.39. The van der Waals surface area contributed by atoms with Crippen LogP contribution in [0.1, 0.15) is 30.4 Å². The highest BCUT2D eigenvalue weighted by molar-refractivity contribution is 6.41. The van der Waals surface area contributed by atoms with Gasteiger partial charge in [0.15, 0.2) is 0 Å². The van der Waals surface area contributed by atoms with Gasteiger partial charge in [0.2, 0.25) is 0 Å². The molecule has 0 spiro atoms. The van der Waals surface area contributed by atoms with Gasteiger partial charge in [0.05, 0.1) is 16.3 Å². The van der Waals surface area contributed by atoms with Crippen molar-refractivity contribution in [3.05, 3.63) is 83.7 Å². The van der Waals surface area contributed by atoms with E-state index in [0.717, 1.165) is 31.7 Å². The number of nitrogens with zero attached hydrogens (tertiary/aromatic N) is 3. The fourth-order valence-corrected chi connectivity index (χ4v) is 3.52. The molecule has 34 heavy (non-hydrogen) atoms. The predicted octanol–water partition coefficient (Wildman–Crippen LogP) is 4.60. The third-order valence-corrected chi connectivity index (χ3v) is 5.31. The molecule has 0 bridgehead atoms. The Morgan fingerprint density at radius 1 is 0.941 bits per heavy atom. The normalized spacial score (nSPS) is 12.8. The molecule has 0 atom stereocenters. The number of nitrogens with one attached hydrogen (secondary N) is 1. The van der Waals surface area contributed by atoms with E-state index in [2.05, 4.69) is 16.5 Å². The van der Waals surface area contributed by atoms with Crippen molar-refractivity contribution in [1.29, 1.82) is 5.41 Å². The Kier molecular flexibility index (Phi) is 8.59. The van der Waals surface area contributed by atoms with Gasteiger partial charge in [0.25, 0.3) is 5.91 Å². The first-order valence-corrected chi connectivity index (χ1v) is 11.2. The number of carbonyl (C=O) groups excluding carboxylic acids is 1. The molecule has 5 N–H and O–H groups in total. The monoisotopic (exact) mass is 478 g/mol. The number of benzene rings is 2. The number of piperidine rings is 1. The van der Waals surface area contributed by atoms with Gasteiger partial charge in [-0.05, 0) is 55.7 Å². The van der Waals surface area contributed by atoms with Crippen LogP contribution in [-0.4, -0.2) is 39.6 Å². The Hall–Kier alpha value is -3.91. The zero-order valence-corrected chi connectivity index (χ0v) is 19.5. The number of nitrogens with two attached hydrogens (primary N) is 2. The Morgan fingerprint density at radius 2 is 1.50 bits per heavy atom. The van der Waals surface area contributed by atoms with Crippen LogP contribution in [0.25, 0.3) is 0 Å². The van der Waals surface area contributed by atoms with E-state index in [1.54, 1.807) is 29.2 Å². The molecule has 0 saturated carbocycles. The maximum atomic E-state index is 11.2. The van der Waals surface area contributed by atoms with Gasteiger partial charge in [-0.3, -0.25) is 10.2 Å². The number of amides is 1. The van der Waals surface area contributed by atoms with E-state index in [-0.39, 0.29) is 28.3 Å². The van der Waals surface area contributed by atoms with E-state index in [1.807, 2.05) is 30.3 Å². The van der Waals surface area contributed by atoms with Gasteiger partial charge in [-0.25, -0.2) is 9.97 Å². The van der Waals surface area contributed by atoms with Crippen molar-refractivity contribution in [3.8, 4) is 11.5 Å². The second kappa shape index (κ2) is 11.8. The van der Waals surface area contributed by atoms with Gasteiger partial charge in [-0.1, -0.05) is 36.4 Å². The quantitative estimate of drug-likeness (QED) is 0.362. The van der Waals surface area contributed by atoms with E-state index in [1.165, 1.54) is 12.7 Å². The van der Waals surface area contributed by atoms with Crippen molar-refractivity contribution < 1.29 is 9.53 Å². The molecular formula is C25H27ClN6O2. The summed E-state index contributed by atoms with van der Waals surface area (Å²) in [5.74, 6) is 1.70. The summed E-state index contributed by atoms with van der Waals surface area (Å²) in [6.07, 6.45) is 4.68. The molecule has 2 aromatic carbocycles. The Labute approximate surface area is 203 Å². The summed E-state index contributed by atoms with van der Waals surface area (Å²) < 4.78 is 5.72. The Morgan fingerprint density at radius 3 is 2.06 bits per heavy atom. The van der Waals surface area contributed by atoms with Crippen molar-refractivity contribution in [2.45, 2.75) is 19.3 Å². The van der Waals surface area contributed by atoms with Crippen LogP contribution in [-0.2, 0) is 4.79 Å². The molecule has 176 valence electrons. The second-order valence-electron chi connectivity index (χ2n) is 7.59. The minimum Gasteiger partial charge on any atom is -0.457 e. The highest BCUT2D eigenvalue weighted by Gasteiger charge is 2.17. The average molecular weight is 479 g/mol. The van der Waals surface area contributed by atoms with Gasteiger partial charge < -0.3 is 21.1 Å². The molecule has 1 saturated heterocycles. The van der Waals surface area contributed by atoms with E-state index in [4.69, 9.17) is 33.2 Å². The molecule has 4 rings (SSSR count). The van der Waals surface area contributed by atoms with Crippen LogP contribution in [0.3, 0.4) is 0 Å². The summed E-state index contributed by atoms with van der Waals surface area (Å²) >= 11 is 5.48. The van der Waals surface area contributed by atoms with Crippen LogP contribution in [0, 0.1) is 5.41 Å². The smallest absolute Gasteiger partial charge is 0.264 e. The number of hydrogen-bond acceptors (Lipinski definition) is 7. The molecule has 0 aliphatic carbocycles. The van der Waals surface area contributed by atoms with Gasteiger partial charge >= 0.3 is 0 Å². The Bertz CT molecular complexity index is 1130. The summed E-state index contributed by atoms with van der Waals surface area (Å²) in [6.45, 7) is 5.08. The number of carbonyl (C=O) groups is 1. The summed E-state index contributed by atoms with van der Waals surface area (Å²) in [6, 6.07) is 16.6. The summed E-state index contributed by atoms with van der Waals surface area (Å²) in [7, 11) is 0. The maximum absolute atomic E-state index is 11.2. The number of halogens is 1. The molecule has 0 radical (unpaired) electrons. The van der Waals surface area contributed by atoms with Crippen molar-refractivity contribution in [3.63, 3.8) is 0 Å². The Balaban J connectivity index is 0.000000248. The molecule has 1 aliphatic heterocycles. The van der Waals surface area contributed by atoms with Crippen molar-refractivity contribution >= 4 is 34.9 Å². The maximum Gasteiger partial charge on any atom is 0.264 e. The van der Waals surface area contributed by atoms with Crippen LogP contribution in [0.5, 0.6) is 11.5 Å². The molecule has 1 fully saturated rings. The molecule has 1 aliphatic rings. The number of aromatic nitrogens is 2. The molecule has 8 nitrogen and oxygen atoms in total. The number of likely N-dealkylation sites (tertiary alicyclic amines) is 1. The number of para-hydroxylation sites is 1. The SMILES string of the molecule is C=C(Cl)C(=O)N1CCCCC1.N=C(c1ccc(Oc2ccccc2)cc1)c1c(N)ncnc1N. The molecule has 3 aromatic rings. The zero-order valence-electron chi connectivity index (χ0n) is 18.7. The zero-order chi connectivity index (χ0) is 24.5. The van der Waals surface area contributed by atoms with Gasteiger partial charge in [0.1, 0.15) is 29.5 Å². The minimum absolute atomic E-state index is 0.105. The van der Waals surface area contributed by atoms with Crippen LogP contribution >= 0.6 is 11.6 Å². The minimum atomic E-state index is -0.105. The van der Waals surface area contributed by atoms with Crippen LogP contribution in [0.15, 0.2) is 72.5 Å². The number of nitrogen functional groups attached to an aromatic ring is 2. The lowest BCUT2D eigenvalue weighted by Crippen LogP contribution is -2.35. The fraction of sp³-hybridized carbons (Fsp3) is 0.200. The number of hydrogen-bond donors (Lipinski definition) is 3. The van der Waals surface area contributed by atoms with Crippen molar-refractivity contribution in [1.82, 2.24) is 14.9 Å². The lowest BCUT2D eigenvalue weighted by Gasteiger charge is -2.26. The average Bonchev–Trinajstić information content (AvgIpc) is 2.85. The van der Waals surface area contributed by atoms with Crippen LogP contribution in [0.4, 0.5) is 11.6 Å². The number of ether oxygens (including phenoxy) is 1. The first-order chi connectivity index (χ1) is 16.4. The third-order valence-electron chi connectivity index (χ3n) is 5.15. The first-order valence-electron chi connectivity index (χ1n) is 10.8. The molecule has 1 aromatic heterocycles. The molecule has 9 heteroatoms. The summed E-state index contributed by atoms with van der Waals surface area (Å²) in [4.78, 5) is 20.7. The van der Waals surface area contributed by atoms with Crippen molar-refractivity contribution in [2.24, 2.45) is 0 Å². The van der Waals surface area contributed by atoms with Crippen molar-refractivity contribution in [2.75, 3.05) is 24.6 Å². The largest absolute Gasteiger partial charge is 0.457 e. The van der Waals surface area contributed by atoms with Gasteiger partial charge in [-0.2, -0.15) is 0 Å². The molecule has 0 unspecified atom stereocenters. The van der Waals surface area contributed by atoms with E-state index in [9.17, 15) is 4.79 Å². The third kappa shape index (κ3) is 6.55.